The molecule has 1 fully saturated rings. The third-order valence-electron chi connectivity index (χ3n) is 4.28. The number of benzene rings is 1. The Balaban J connectivity index is 1.91. The van der Waals surface area contributed by atoms with Crippen LogP contribution in [0.4, 0.5) is 0 Å². The van der Waals surface area contributed by atoms with Gasteiger partial charge >= 0.3 is 5.69 Å². The van der Waals surface area contributed by atoms with Gasteiger partial charge in [0.2, 0.25) is 0 Å². The van der Waals surface area contributed by atoms with E-state index in [9.17, 15) is 4.79 Å². The molecule has 0 amide bonds. The smallest absolute Gasteiger partial charge is 0.305 e. The second-order valence-corrected chi connectivity index (χ2v) is 5.56. The Morgan fingerprint density at radius 2 is 2.26 bits per heavy atom. The summed E-state index contributed by atoms with van der Waals surface area (Å²) in [5.41, 5.74) is 3.19. The fourth-order valence-electron chi connectivity index (χ4n) is 3.11. The number of aromatic amines is 1. The first-order valence-electron chi connectivity index (χ1n) is 7.09. The van der Waals surface area contributed by atoms with E-state index in [1.807, 2.05) is 29.7 Å². The van der Waals surface area contributed by atoms with Gasteiger partial charge < -0.3 is 9.88 Å². The number of para-hydroxylation sites is 1. The van der Waals surface area contributed by atoms with E-state index in [0.29, 0.717) is 5.92 Å². The van der Waals surface area contributed by atoms with Crippen LogP contribution in [-0.4, -0.2) is 34.1 Å². The molecule has 1 aliphatic rings. The van der Waals surface area contributed by atoms with Crippen molar-refractivity contribution in [2.24, 2.45) is 5.92 Å². The molecule has 1 aliphatic heterocycles. The summed E-state index contributed by atoms with van der Waals surface area (Å²) in [7, 11) is 0. The number of hydrogen-bond donors (Lipinski definition) is 1. The van der Waals surface area contributed by atoms with Crippen molar-refractivity contribution in [1.29, 1.82) is 0 Å². The lowest BCUT2D eigenvalue weighted by Gasteiger charge is -2.13. The van der Waals surface area contributed by atoms with Crippen LogP contribution in [0.25, 0.3) is 11.0 Å². The molecule has 0 spiro atoms. The van der Waals surface area contributed by atoms with Gasteiger partial charge in [0.25, 0.3) is 0 Å². The molecule has 102 valence electrons. The minimum atomic E-state index is 0.0271. The van der Waals surface area contributed by atoms with Crippen LogP contribution in [0.1, 0.15) is 18.9 Å². The maximum Gasteiger partial charge on any atom is 0.326 e. The first-order chi connectivity index (χ1) is 9.19. The van der Waals surface area contributed by atoms with Crippen molar-refractivity contribution in [1.82, 2.24) is 14.5 Å². The topological polar surface area (TPSA) is 41.0 Å². The normalized spacial score (nSPS) is 20.4. The average Bonchev–Trinajstić information content (AvgIpc) is 2.97. The van der Waals surface area contributed by atoms with E-state index in [1.165, 1.54) is 6.42 Å². The third-order valence-corrected chi connectivity index (χ3v) is 4.28. The van der Waals surface area contributed by atoms with Crippen LogP contribution in [0.5, 0.6) is 0 Å². The Morgan fingerprint density at radius 1 is 1.42 bits per heavy atom. The summed E-state index contributed by atoms with van der Waals surface area (Å²) in [5, 5.41) is 0. The number of likely N-dealkylation sites (tertiary alicyclic amines) is 1. The SMILES string of the molecule is CCN1CCC(Cn2c(=O)[nH]c3c(C)cccc32)C1. The number of H-pyrrole nitrogens is 1. The van der Waals surface area contributed by atoms with E-state index < -0.39 is 0 Å². The van der Waals surface area contributed by atoms with E-state index in [1.54, 1.807) is 0 Å². The number of hydrogen-bond acceptors (Lipinski definition) is 2. The third kappa shape index (κ3) is 2.21. The van der Waals surface area contributed by atoms with Crippen LogP contribution in [0, 0.1) is 12.8 Å². The second kappa shape index (κ2) is 4.85. The van der Waals surface area contributed by atoms with E-state index in [2.05, 4.69) is 16.8 Å². The van der Waals surface area contributed by atoms with Crippen molar-refractivity contribution in [2.75, 3.05) is 19.6 Å². The molecule has 2 aromatic rings. The van der Waals surface area contributed by atoms with Crippen LogP contribution in [0.15, 0.2) is 23.0 Å². The fraction of sp³-hybridized carbons (Fsp3) is 0.533. The molecule has 1 aromatic carbocycles. The van der Waals surface area contributed by atoms with Crippen molar-refractivity contribution in [2.45, 2.75) is 26.8 Å². The van der Waals surface area contributed by atoms with Crippen LogP contribution in [0.2, 0.25) is 0 Å². The van der Waals surface area contributed by atoms with Gasteiger partial charge in [-0.15, -0.1) is 0 Å². The van der Waals surface area contributed by atoms with Crippen LogP contribution >= 0.6 is 0 Å². The molecule has 1 saturated heterocycles. The number of rotatable bonds is 3. The molecule has 0 bridgehead atoms. The highest BCUT2D eigenvalue weighted by Crippen LogP contribution is 2.20. The molecular formula is C15H21N3O. The van der Waals surface area contributed by atoms with Crippen molar-refractivity contribution >= 4 is 11.0 Å². The minimum Gasteiger partial charge on any atom is -0.305 e. The predicted octanol–water partition coefficient (Wildman–Crippen LogP) is 1.98. The van der Waals surface area contributed by atoms with E-state index in [0.717, 1.165) is 42.8 Å². The quantitative estimate of drug-likeness (QED) is 0.915. The van der Waals surface area contributed by atoms with E-state index in [4.69, 9.17) is 0 Å². The summed E-state index contributed by atoms with van der Waals surface area (Å²) < 4.78 is 1.91. The maximum absolute atomic E-state index is 12.1. The van der Waals surface area contributed by atoms with Crippen LogP contribution in [0.3, 0.4) is 0 Å². The number of nitrogens with zero attached hydrogens (tertiary/aromatic N) is 2. The molecule has 0 aliphatic carbocycles. The molecule has 4 nitrogen and oxygen atoms in total. The van der Waals surface area contributed by atoms with E-state index >= 15 is 0 Å². The second-order valence-electron chi connectivity index (χ2n) is 5.56. The predicted molar refractivity (Wildman–Crippen MR) is 77.5 cm³/mol. The molecule has 1 aromatic heterocycles. The largest absolute Gasteiger partial charge is 0.326 e. The molecule has 0 radical (unpaired) electrons. The van der Waals surface area contributed by atoms with Gasteiger partial charge in [0, 0.05) is 13.1 Å². The first-order valence-corrected chi connectivity index (χ1v) is 7.09. The summed E-state index contributed by atoms with van der Waals surface area (Å²) in [6.07, 6.45) is 1.19. The number of fused-ring (bicyclic) bond motifs is 1. The molecule has 1 unspecified atom stereocenters. The highest BCUT2D eigenvalue weighted by atomic mass is 16.1. The summed E-state index contributed by atoms with van der Waals surface area (Å²) in [6.45, 7) is 8.45. The maximum atomic E-state index is 12.1. The zero-order valence-corrected chi connectivity index (χ0v) is 11.6. The lowest BCUT2D eigenvalue weighted by molar-refractivity contribution is 0.333. The lowest BCUT2D eigenvalue weighted by Crippen LogP contribution is -2.24. The molecule has 4 heteroatoms. The highest BCUT2D eigenvalue weighted by molar-refractivity contribution is 5.78. The fourth-order valence-corrected chi connectivity index (χ4v) is 3.11. The Bertz CT molecular complexity index is 640. The van der Waals surface area contributed by atoms with Gasteiger partial charge in [0.05, 0.1) is 11.0 Å². The zero-order valence-electron chi connectivity index (χ0n) is 11.6. The van der Waals surface area contributed by atoms with Gasteiger partial charge in [-0.25, -0.2) is 4.79 Å². The molecular weight excluding hydrogens is 238 g/mol. The molecule has 1 atom stereocenters. The number of nitrogens with one attached hydrogen (secondary N) is 1. The van der Waals surface area contributed by atoms with Crippen molar-refractivity contribution in [3.8, 4) is 0 Å². The highest BCUT2D eigenvalue weighted by Gasteiger charge is 2.22. The zero-order chi connectivity index (χ0) is 13.4. The standard InChI is InChI=1S/C15H21N3O/c1-3-17-8-7-12(9-17)10-18-13-6-4-5-11(2)14(13)16-15(18)19/h4-6,12H,3,7-10H2,1-2H3,(H,16,19). The van der Waals surface area contributed by atoms with Gasteiger partial charge in [-0.3, -0.25) is 4.57 Å². The van der Waals surface area contributed by atoms with E-state index in [-0.39, 0.29) is 5.69 Å². The minimum absolute atomic E-state index is 0.0271. The van der Waals surface area contributed by atoms with Crippen molar-refractivity contribution in [3.05, 3.63) is 34.2 Å². The number of aromatic nitrogens is 2. The molecule has 1 N–H and O–H groups in total. The molecule has 0 saturated carbocycles. The Hall–Kier alpha value is -1.55. The molecule has 3 rings (SSSR count). The van der Waals surface area contributed by atoms with Gasteiger partial charge in [-0.05, 0) is 44.0 Å². The molecule has 19 heavy (non-hydrogen) atoms. The summed E-state index contributed by atoms with van der Waals surface area (Å²) >= 11 is 0. The monoisotopic (exact) mass is 259 g/mol. The van der Waals surface area contributed by atoms with Gasteiger partial charge in [-0.2, -0.15) is 0 Å². The Morgan fingerprint density at radius 3 is 3.00 bits per heavy atom. The van der Waals surface area contributed by atoms with Crippen molar-refractivity contribution < 1.29 is 0 Å². The summed E-state index contributed by atoms with van der Waals surface area (Å²) in [5.74, 6) is 0.595. The van der Waals surface area contributed by atoms with Gasteiger partial charge in [0.1, 0.15) is 0 Å². The average molecular weight is 259 g/mol. The first kappa shape index (κ1) is 12.5. The summed E-state index contributed by atoms with van der Waals surface area (Å²) in [4.78, 5) is 17.6. The van der Waals surface area contributed by atoms with Gasteiger partial charge in [0.15, 0.2) is 0 Å². The summed E-state index contributed by atoms with van der Waals surface area (Å²) in [6, 6.07) is 6.10. The number of aryl methyl sites for hydroxylation is 1. The lowest BCUT2D eigenvalue weighted by atomic mass is 10.1. The Labute approximate surface area is 113 Å². The number of imidazole rings is 1. The van der Waals surface area contributed by atoms with Crippen LogP contribution in [-0.2, 0) is 6.54 Å². The van der Waals surface area contributed by atoms with Crippen LogP contribution < -0.4 is 5.69 Å². The Kier molecular flexibility index (Phi) is 3.19. The van der Waals surface area contributed by atoms with Crippen molar-refractivity contribution in [3.63, 3.8) is 0 Å². The van der Waals surface area contributed by atoms with Gasteiger partial charge in [-0.1, -0.05) is 19.1 Å². The molecule has 2 heterocycles.